The molecule has 2 heterocycles. The van der Waals surface area contributed by atoms with Crippen LogP contribution in [0.4, 0.5) is 0 Å². The van der Waals surface area contributed by atoms with Gasteiger partial charge < -0.3 is 9.64 Å². The van der Waals surface area contributed by atoms with Crippen molar-refractivity contribution in [1.29, 1.82) is 0 Å². The molecule has 2 fully saturated rings. The fraction of sp³-hybridized carbons (Fsp3) is 0.889. The van der Waals surface area contributed by atoms with Crippen molar-refractivity contribution < 1.29 is 9.53 Å². The molecule has 0 aromatic rings. The van der Waals surface area contributed by atoms with Crippen LogP contribution in [0.5, 0.6) is 0 Å². The van der Waals surface area contributed by atoms with Crippen LogP contribution in [-0.4, -0.2) is 48.1 Å². The third kappa shape index (κ3) is 1.99. The second kappa shape index (κ2) is 3.88. The molecule has 0 radical (unpaired) electrons. The van der Waals surface area contributed by atoms with E-state index in [2.05, 4.69) is 0 Å². The van der Waals surface area contributed by atoms with Gasteiger partial charge in [0.1, 0.15) is 0 Å². The third-order valence-corrected chi connectivity index (χ3v) is 3.82. The van der Waals surface area contributed by atoms with E-state index >= 15 is 0 Å². The molecule has 0 aromatic heterocycles. The number of hydrogen-bond donors (Lipinski definition) is 0. The van der Waals surface area contributed by atoms with E-state index < -0.39 is 0 Å². The monoisotopic (exact) mass is 201 g/mol. The summed E-state index contributed by atoms with van der Waals surface area (Å²) in [6.45, 7) is 4.28. The van der Waals surface area contributed by atoms with Gasteiger partial charge in [-0.15, -0.1) is 0 Å². The molecule has 74 valence electrons. The lowest BCUT2D eigenvalue weighted by molar-refractivity contribution is -0.141. The lowest BCUT2D eigenvalue weighted by atomic mass is 10.1. The van der Waals surface area contributed by atoms with E-state index in [9.17, 15) is 4.79 Å². The number of morpholine rings is 1. The van der Waals surface area contributed by atoms with Gasteiger partial charge in [0.2, 0.25) is 5.91 Å². The number of carbonyl (C=O) groups excluding carboxylic acids is 1. The molecule has 0 aliphatic carbocycles. The Morgan fingerprint density at radius 2 is 2.31 bits per heavy atom. The largest absolute Gasteiger partial charge is 0.375 e. The molecule has 0 aromatic carbocycles. The Morgan fingerprint density at radius 1 is 1.54 bits per heavy atom. The van der Waals surface area contributed by atoms with Crippen molar-refractivity contribution >= 4 is 17.7 Å². The fourth-order valence-electron chi connectivity index (χ4n) is 1.66. The first kappa shape index (κ1) is 9.34. The van der Waals surface area contributed by atoms with Crippen LogP contribution < -0.4 is 0 Å². The predicted octanol–water partition coefficient (Wildman–Crippen LogP) is 0.597. The molecule has 0 bridgehead atoms. The van der Waals surface area contributed by atoms with E-state index in [1.54, 1.807) is 0 Å². The van der Waals surface area contributed by atoms with Crippen LogP contribution in [0.25, 0.3) is 0 Å². The van der Waals surface area contributed by atoms with E-state index in [4.69, 9.17) is 4.74 Å². The first-order valence-corrected chi connectivity index (χ1v) is 5.91. The molecule has 0 saturated carbocycles. The molecule has 2 rings (SSSR count). The second-order valence-electron chi connectivity index (χ2n) is 3.70. The summed E-state index contributed by atoms with van der Waals surface area (Å²) in [5.74, 6) is 2.68. The summed E-state index contributed by atoms with van der Waals surface area (Å²) < 4.78 is 5.39. The van der Waals surface area contributed by atoms with E-state index in [1.807, 2.05) is 23.6 Å². The highest BCUT2D eigenvalue weighted by Gasteiger charge is 2.31. The summed E-state index contributed by atoms with van der Waals surface area (Å²) in [7, 11) is 0. The molecule has 2 aliphatic rings. The van der Waals surface area contributed by atoms with Crippen LogP contribution in [0.3, 0.4) is 0 Å². The molecule has 0 N–H and O–H groups in total. The summed E-state index contributed by atoms with van der Waals surface area (Å²) in [4.78, 5) is 13.7. The maximum Gasteiger partial charge on any atom is 0.227 e. The zero-order valence-corrected chi connectivity index (χ0v) is 8.68. The van der Waals surface area contributed by atoms with Crippen molar-refractivity contribution in [3.05, 3.63) is 0 Å². The number of carbonyl (C=O) groups is 1. The first-order chi connectivity index (χ1) is 6.27. The van der Waals surface area contributed by atoms with Gasteiger partial charge in [-0.2, -0.15) is 11.8 Å². The molecule has 13 heavy (non-hydrogen) atoms. The van der Waals surface area contributed by atoms with Gasteiger partial charge in [-0.1, -0.05) is 0 Å². The van der Waals surface area contributed by atoms with Crippen molar-refractivity contribution in [3.8, 4) is 0 Å². The number of nitrogens with zero attached hydrogens (tertiary/aromatic N) is 1. The van der Waals surface area contributed by atoms with Crippen LogP contribution in [0.2, 0.25) is 0 Å². The van der Waals surface area contributed by atoms with Gasteiger partial charge >= 0.3 is 0 Å². The zero-order valence-electron chi connectivity index (χ0n) is 7.86. The highest BCUT2D eigenvalue weighted by molar-refractivity contribution is 8.00. The van der Waals surface area contributed by atoms with Crippen LogP contribution in [0, 0.1) is 5.92 Å². The highest BCUT2D eigenvalue weighted by atomic mass is 32.2. The Kier molecular flexibility index (Phi) is 2.79. The SMILES string of the molecule is CC1CN(C(=O)C2CSC2)CCO1. The minimum Gasteiger partial charge on any atom is -0.375 e. The standard InChI is InChI=1S/C9H15NO2S/c1-7-4-10(2-3-12-7)9(11)8-5-13-6-8/h7-8H,2-6H2,1H3. The van der Waals surface area contributed by atoms with Crippen molar-refractivity contribution in [2.75, 3.05) is 31.2 Å². The fourth-order valence-corrected chi connectivity index (χ4v) is 2.41. The van der Waals surface area contributed by atoms with Gasteiger partial charge in [0, 0.05) is 24.6 Å². The predicted molar refractivity (Wildman–Crippen MR) is 52.8 cm³/mol. The van der Waals surface area contributed by atoms with Gasteiger partial charge in [-0.25, -0.2) is 0 Å². The smallest absolute Gasteiger partial charge is 0.227 e. The van der Waals surface area contributed by atoms with Crippen molar-refractivity contribution in [2.45, 2.75) is 13.0 Å². The van der Waals surface area contributed by atoms with Crippen LogP contribution in [0.1, 0.15) is 6.92 Å². The van der Waals surface area contributed by atoms with Crippen molar-refractivity contribution in [2.24, 2.45) is 5.92 Å². The van der Waals surface area contributed by atoms with Gasteiger partial charge in [0.15, 0.2) is 0 Å². The highest BCUT2D eigenvalue weighted by Crippen LogP contribution is 2.26. The lowest BCUT2D eigenvalue weighted by Crippen LogP contribution is -2.49. The molecule has 2 aliphatic heterocycles. The average Bonchev–Trinajstić information content (AvgIpc) is 2.01. The Hall–Kier alpha value is -0.220. The van der Waals surface area contributed by atoms with Crippen LogP contribution in [-0.2, 0) is 9.53 Å². The number of rotatable bonds is 1. The van der Waals surface area contributed by atoms with Crippen LogP contribution >= 0.6 is 11.8 Å². The topological polar surface area (TPSA) is 29.5 Å². The number of thioether (sulfide) groups is 1. The molecule has 1 unspecified atom stereocenters. The maximum atomic E-state index is 11.8. The average molecular weight is 201 g/mol. The summed E-state index contributed by atoms with van der Waals surface area (Å²) in [6, 6.07) is 0. The molecule has 4 heteroatoms. The minimum absolute atomic E-state index is 0.213. The summed E-state index contributed by atoms with van der Waals surface area (Å²) >= 11 is 1.86. The van der Waals surface area contributed by atoms with E-state index in [-0.39, 0.29) is 6.10 Å². The van der Waals surface area contributed by atoms with E-state index in [0.29, 0.717) is 18.4 Å². The Bertz CT molecular complexity index is 206. The summed E-state index contributed by atoms with van der Waals surface area (Å²) in [5, 5.41) is 0. The van der Waals surface area contributed by atoms with Gasteiger partial charge in [0.25, 0.3) is 0 Å². The first-order valence-electron chi connectivity index (χ1n) is 4.75. The Morgan fingerprint density at radius 3 is 2.85 bits per heavy atom. The third-order valence-electron chi connectivity index (χ3n) is 2.54. The van der Waals surface area contributed by atoms with Gasteiger partial charge in [-0.05, 0) is 6.92 Å². The molecule has 2 saturated heterocycles. The number of ether oxygens (including phenoxy) is 1. The second-order valence-corrected chi connectivity index (χ2v) is 4.77. The maximum absolute atomic E-state index is 11.8. The molecule has 1 atom stereocenters. The Balaban J connectivity index is 1.87. The Labute approximate surface area is 82.8 Å². The molecular formula is C9H15NO2S. The van der Waals surface area contributed by atoms with Gasteiger partial charge in [-0.3, -0.25) is 4.79 Å². The summed E-state index contributed by atoms with van der Waals surface area (Å²) in [6.07, 6.45) is 0.213. The molecule has 1 amide bonds. The van der Waals surface area contributed by atoms with E-state index in [0.717, 1.165) is 24.6 Å². The quantitative estimate of drug-likeness (QED) is 0.622. The molecule has 3 nitrogen and oxygen atoms in total. The number of amides is 1. The zero-order chi connectivity index (χ0) is 9.26. The number of hydrogen-bond acceptors (Lipinski definition) is 3. The van der Waals surface area contributed by atoms with Gasteiger partial charge in [0.05, 0.1) is 18.6 Å². The van der Waals surface area contributed by atoms with Crippen molar-refractivity contribution in [1.82, 2.24) is 4.90 Å². The van der Waals surface area contributed by atoms with E-state index in [1.165, 1.54) is 0 Å². The van der Waals surface area contributed by atoms with Crippen molar-refractivity contribution in [3.63, 3.8) is 0 Å². The molecule has 0 spiro atoms. The van der Waals surface area contributed by atoms with Crippen LogP contribution in [0.15, 0.2) is 0 Å². The minimum atomic E-state index is 0.213. The summed E-state index contributed by atoms with van der Waals surface area (Å²) in [5.41, 5.74) is 0. The molecular weight excluding hydrogens is 186 g/mol. The normalized spacial score (nSPS) is 29.9. The lowest BCUT2D eigenvalue weighted by Gasteiger charge is -2.35.